The summed E-state index contributed by atoms with van der Waals surface area (Å²) in [5.74, 6) is -0.662. The first-order valence-corrected chi connectivity index (χ1v) is 6.14. The molecule has 0 aliphatic heterocycles. The van der Waals surface area contributed by atoms with Crippen LogP contribution in [0.2, 0.25) is 0 Å². The van der Waals surface area contributed by atoms with Gasteiger partial charge in [-0.25, -0.2) is 0 Å². The van der Waals surface area contributed by atoms with E-state index in [1.165, 1.54) is 20.3 Å². The van der Waals surface area contributed by atoms with Crippen LogP contribution in [0.5, 0.6) is 5.75 Å². The zero-order valence-electron chi connectivity index (χ0n) is 11.6. The lowest BCUT2D eigenvalue weighted by atomic mass is 9.91. The third kappa shape index (κ3) is 4.15. The molecule has 0 fully saturated rings. The van der Waals surface area contributed by atoms with Crippen molar-refractivity contribution in [1.82, 2.24) is 0 Å². The van der Waals surface area contributed by atoms with Gasteiger partial charge in [-0.15, -0.1) is 0 Å². The van der Waals surface area contributed by atoms with Gasteiger partial charge in [0.15, 0.2) is 0 Å². The van der Waals surface area contributed by atoms with Crippen LogP contribution < -0.4 is 4.74 Å². The SMILES string of the molecule is CC[C@@H](CC(=O)OC)c1cc(OC)cc(C(F)(F)F)c1. The van der Waals surface area contributed by atoms with Crippen LogP contribution in [0.3, 0.4) is 0 Å². The molecule has 1 rings (SSSR count). The molecule has 1 atom stereocenters. The minimum absolute atomic E-state index is 0.0392. The predicted octanol–water partition coefficient (Wildman–Crippen LogP) is 3.77. The minimum Gasteiger partial charge on any atom is -0.497 e. The largest absolute Gasteiger partial charge is 0.497 e. The first-order chi connectivity index (χ1) is 9.31. The number of alkyl halides is 3. The van der Waals surface area contributed by atoms with Crippen molar-refractivity contribution >= 4 is 5.97 Å². The summed E-state index contributed by atoms with van der Waals surface area (Å²) in [7, 11) is 2.56. The van der Waals surface area contributed by atoms with Gasteiger partial charge in [0.2, 0.25) is 0 Å². The molecular formula is C14H17F3O3. The van der Waals surface area contributed by atoms with E-state index in [2.05, 4.69) is 4.74 Å². The van der Waals surface area contributed by atoms with Crippen LogP contribution in [0.4, 0.5) is 13.2 Å². The van der Waals surface area contributed by atoms with Crippen LogP contribution in [-0.2, 0) is 15.7 Å². The molecule has 0 saturated heterocycles. The Hall–Kier alpha value is -1.72. The van der Waals surface area contributed by atoms with Crippen LogP contribution in [0.15, 0.2) is 18.2 Å². The molecule has 6 heteroatoms. The summed E-state index contributed by atoms with van der Waals surface area (Å²) in [5.41, 5.74) is -0.361. The van der Waals surface area contributed by atoms with E-state index in [1.54, 1.807) is 6.92 Å². The number of hydrogen-bond donors (Lipinski definition) is 0. The van der Waals surface area contributed by atoms with E-state index in [9.17, 15) is 18.0 Å². The quantitative estimate of drug-likeness (QED) is 0.774. The van der Waals surface area contributed by atoms with E-state index in [0.717, 1.165) is 12.1 Å². The van der Waals surface area contributed by atoms with Gasteiger partial charge in [0.25, 0.3) is 0 Å². The predicted molar refractivity (Wildman–Crippen MR) is 67.7 cm³/mol. The summed E-state index contributed by atoms with van der Waals surface area (Å²) >= 11 is 0. The third-order valence-corrected chi connectivity index (χ3v) is 3.10. The van der Waals surface area contributed by atoms with Crippen LogP contribution in [0.25, 0.3) is 0 Å². The van der Waals surface area contributed by atoms with Crippen LogP contribution in [0, 0.1) is 0 Å². The van der Waals surface area contributed by atoms with Gasteiger partial charge in [-0.05, 0) is 36.1 Å². The highest BCUT2D eigenvalue weighted by atomic mass is 19.4. The molecule has 0 amide bonds. The van der Waals surface area contributed by atoms with E-state index in [-0.39, 0.29) is 18.1 Å². The topological polar surface area (TPSA) is 35.5 Å². The average molecular weight is 290 g/mol. The van der Waals surface area contributed by atoms with E-state index in [1.807, 2.05) is 0 Å². The number of halogens is 3. The Labute approximate surface area is 115 Å². The van der Waals surface area contributed by atoms with Crippen molar-refractivity contribution < 1.29 is 27.4 Å². The van der Waals surface area contributed by atoms with Crippen molar-refractivity contribution in [2.45, 2.75) is 31.9 Å². The van der Waals surface area contributed by atoms with Gasteiger partial charge < -0.3 is 9.47 Å². The van der Waals surface area contributed by atoms with Gasteiger partial charge in [0.1, 0.15) is 5.75 Å². The van der Waals surface area contributed by atoms with E-state index >= 15 is 0 Å². The molecule has 1 aromatic rings. The van der Waals surface area contributed by atoms with Crippen LogP contribution in [0.1, 0.15) is 36.8 Å². The summed E-state index contributed by atoms with van der Waals surface area (Å²) in [6.45, 7) is 1.81. The first-order valence-electron chi connectivity index (χ1n) is 6.14. The molecule has 0 heterocycles. The van der Waals surface area contributed by atoms with E-state index in [0.29, 0.717) is 12.0 Å². The van der Waals surface area contributed by atoms with E-state index in [4.69, 9.17) is 4.74 Å². The molecule has 0 aliphatic rings. The molecule has 20 heavy (non-hydrogen) atoms. The number of esters is 1. The molecule has 0 unspecified atom stereocenters. The zero-order valence-corrected chi connectivity index (χ0v) is 11.6. The number of methoxy groups -OCH3 is 2. The first kappa shape index (κ1) is 16.3. The standard InChI is InChI=1S/C14H17F3O3/c1-4-9(7-13(18)20-3)10-5-11(14(15,16)17)8-12(6-10)19-2/h5-6,8-9H,4,7H2,1-3H3/t9-/m0/s1. The normalized spacial score (nSPS) is 12.9. The second kappa shape index (κ2) is 6.63. The summed E-state index contributed by atoms with van der Waals surface area (Å²) in [4.78, 5) is 11.3. The molecule has 112 valence electrons. The van der Waals surface area contributed by atoms with Gasteiger partial charge >= 0.3 is 12.1 Å². The van der Waals surface area contributed by atoms with Gasteiger partial charge in [0, 0.05) is 0 Å². The van der Waals surface area contributed by atoms with Crippen molar-refractivity contribution in [2.24, 2.45) is 0 Å². The van der Waals surface area contributed by atoms with Crippen molar-refractivity contribution in [1.29, 1.82) is 0 Å². The van der Waals surface area contributed by atoms with Crippen LogP contribution >= 0.6 is 0 Å². The number of hydrogen-bond acceptors (Lipinski definition) is 3. The highest BCUT2D eigenvalue weighted by molar-refractivity contribution is 5.70. The van der Waals surface area contributed by atoms with Crippen molar-refractivity contribution in [3.8, 4) is 5.75 Å². The summed E-state index contributed by atoms with van der Waals surface area (Å²) in [5, 5.41) is 0. The number of ether oxygens (including phenoxy) is 2. The summed E-state index contributed by atoms with van der Waals surface area (Å²) < 4.78 is 48.0. The molecule has 0 radical (unpaired) electrons. The number of benzene rings is 1. The Morgan fingerprint density at radius 3 is 2.35 bits per heavy atom. The molecule has 0 spiro atoms. The molecule has 0 saturated carbocycles. The maximum atomic E-state index is 12.8. The highest BCUT2D eigenvalue weighted by Crippen LogP contribution is 2.36. The minimum atomic E-state index is -4.45. The van der Waals surface area contributed by atoms with Gasteiger partial charge in [-0.3, -0.25) is 4.79 Å². The smallest absolute Gasteiger partial charge is 0.416 e. The van der Waals surface area contributed by atoms with Crippen molar-refractivity contribution in [3.05, 3.63) is 29.3 Å². The molecular weight excluding hydrogens is 273 g/mol. The lowest BCUT2D eigenvalue weighted by molar-refractivity contribution is -0.141. The second-order valence-electron chi connectivity index (χ2n) is 4.38. The van der Waals surface area contributed by atoms with Crippen molar-refractivity contribution in [3.63, 3.8) is 0 Å². The molecule has 3 nitrogen and oxygen atoms in total. The fourth-order valence-corrected chi connectivity index (χ4v) is 1.92. The number of carbonyl (C=O) groups excluding carboxylic acids is 1. The number of carbonyl (C=O) groups is 1. The second-order valence-corrected chi connectivity index (χ2v) is 4.38. The Bertz CT molecular complexity index is 469. The Kier molecular flexibility index (Phi) is 5.42. The van der Waals surface area contributed by atoms with Crippen LogP contribution in [-0.4, -0.2) is 20.2 Å². The van der Waals surface area contributed by atoms with Gasteiger partial charge in [-0.2, -0.15) is 13.2 Å². The lowest BCUT2D eigenvalue weighted by Gasteiger charge is -2.17. The maximum absolute atomic E-state index is 12.8. The van der Waals surface area contributed by atoms with Gasteiger partial charge in [-0.1, -0.05) is 6.92 Å². The summed E-state index contributed by atoms with van der Waals surface area (Å²) in [6.07, 6.45) is -3.89. The maximum Gasteiger partial charge on any atom is 0.416 e. The lowest BCUT2D eigenvalue weighted by Crippen LogP contribution is -2.11. The molecule has 0 aliphatic carbocycles. The average Bonchev–Trinajstić information content (AvgIpc) is 2.42. The third-order valence-electron chi connectivity index (χ3n) is 3.10. The molecule has 0 aromatic heterocycles. The Balaban J connectivity index is 3.17. The van der Waals surface area contributed by atoms with Crippen molar-refractivity contribution in [2.75, 3.05) is 14.2 Å². The summed E-state index contributed by atoms with van der Waals surface area (Å²) in [6, 6.07) is 3.51. The number of rotatable bonds is 5. The molecule has 0 N–H and O–H groups in total. The fourth-order valence-electron chi connectivity index (χ4n) is 1.92. The van der Waals surface area contributed by atoms with E-state index < -0.39 is 17.7 Å². The Morgan fingerprint density at radius 2 is 1.90 bits per heavy atom. The zero-order chi connectivity index (χ0) is 15.3. The molecule has 1 aromatic carbocycles. The molecule has 0 bridgehead atoms. The fraction of sp³-hybridized carbons (Fsp3) is 0.500. The highest BCUT2D eigenvalue weighted by Gasteiger charge is 2.32. The van der Waals surface area contributed by atoms with Gasteiger partial charge in [0.05, 0.1) is 26.2 Å². The monoisotopic (exact) mass is 290 g/mol. The Morgan fingerprint density at radius 1 is 1.25 bits per heavy atom.